The van der Waals surface area contributed by atoms with E-state index in [0.29, 0.717) is 11.5 Å². The number of carbonyl (C=O) groups excluding carboxylic acids is 2. The Balaban J connectivity index is 0.00000338. The number of ether oxygens (including phenoxy) is 1. The van der Waals surface area contributed by atoms with Gasteiger partial charge in [-0.15, -0.1) is 0 Å². The maximum absolute atomic E-state index is 11.7. The van der Waals surface area contributed by atoms with Gasteiger partial charge in [0.1, 0.15) is 11.5 Å². The molecule has 2 N–H and O–H groups in total. The van der Waals surface area contributed by atoms with Crippen molar-refractivity contribution in [1.29, 1.82) is 0 Å². The molecule has 2 aromatic rings. The summed E-state index contributed by atoms with van der Waals surface area (Å²) >= 11 is 0. The zero-order chi connectivity index (χ0) is 18.4. The lowest BCUT2D eigenvalue weighted by Crippen LogP contribution is -2.17. The standard InChI is InChI=1S/C20H24N2O3.2H2/c1-13(2)19(23)21-15-5-9-17(10-6-15)25-18-11-7-16(8-12-18)22-20(24)14(3)4;;/h5-14H,1-4H3,(H,21,23)(H,22,24);2*1H. The first-order valence-corrected chi connectivity index (χ1v) is 8.35. The molecule has 136 valence electrons. The molecule has 0 saturated carbocycles. The average Bonchev–Trinajstić information content (AvgIpc) is 2.58. The first-order valence-electron chi connectivity index (χ1n) is 8.35. The van der Waals surface area contributed by atoms with Gasteiger partial charge in [0, 0.05) is 26.1 Å². The number of amides is 2. The van der Waals surface area contributed by atoms with E-state index in [9.17, 15) is 9.59 Å². The summed E-state index contributed by atoms with van der Waals surface area (Å²) in [4.78, 5) is 23.3. The smallest absolute Gasteiger partial charge is 0.226 e. The normalized spacial score (nSPS) is 10.6. The van der Waals surface area contributed by atoms with E-state index in [1.807, 2.05) is 27.7 Å². The van der Waals surface area contributed by atoms with Crippen LogP contribution >= 0.6 is 0 Å². The Morgan fingerprint density at radius 1 is 0.720 bits per heavy atom. The molecule has 5 nitrogen and oxygen atoms in total. The maximum atomic E-state index is 11.7. The topological polar surface area (TPSA) is 67.4 Å². The van der Waals surface area contributed by atoms with Gasteiger partial charge in [0.15, 0.2) is 0 Å². The fraction of sp³-hybridized carbons (Fsp3) is 0.300. The third-order valence-electron chi connectivity index (χ3n) is 3.53. The van der Waals surface area contributed by atoms with Crippen LogP contribution in [0.25, 0.3) is 0 Å². The van der Waals surface area contributed by atoms with E-state index in [1.165, 1.54) is 0 Å². The molecule has 0 fully saturated rings. The van der Waals surface area contributed by atoms with Gasteiger partial charge < -0.3 is 15.4 Å². The van der Waals surface area contributed by atoms with Crippen molar-refractivity contribution < 1.29 is 17.2 Å². The minimum Gasteiger partial charge on any atom is -0.457 e. The van der Waals surface area contributed by atoms with Crippen molar-refractivity contribution in [3.63, 3.8) is 0 Å². The minimum absolute atomic E-state index is 0. The van der Waals surface area contributed by atoms with Gasteiger partial charge in [-0.2, -0.15) is 0 Å². The third-order valence-corrected chi connectivity index (χ3v) is 3.53. The molecule has 0 aromatic heterocycles. The van der Waals surface area contributed by atoms with E-state index >= 15 is 0 Å². The summed E-state index contributed by atoms with van der Waals surface area (Å²) < 4.78 is 5.77. The van der Waals surface area contributed by atoms with E-state index in [-0.39, 0.29) is 26.5 Å². The fourth-order valence-electron chi connectivity index (χ4n) is 1.92. The predicted octanol–water partition coefficient (Wildman–Crippen LogP) is 5.16. The van der Waals surface area contributed by atoms with Crippen LogP contribution in [0.3, 0.4) is 0 Å². The first kappa shape index (κ1) is 18.5. The van der Waals surface area contributed by atoms with Crippen molar-refractivity contribution in [2.75, 3.05) is 10.6 Å². The molecule has 0 saturated heterocycles. The summed E-state index contributed by atoms with van der Waals surface area (Å²) in [6, 6.07) is 14.4. The molecule has 0 aliphatic heterocycles. The minimum atomic E-state index is -0.0642. The SMILES string of the molecule is CC(C)C(=O)Nc1ccc(Oc2ccc(NC(=O)C(C)C)cc2)cc1.[HH].[HH]. The fourth-order valence-corrected chi connectivity index (χ4v) is 1.92. The van der Waals surface area contributed by atoms with Gasteiger partial charge in [-0.3, -0.25) is 9.59 Å². The summed E-state index contributed by atoms with van der Waals surface area (Å²) in [5.41, 5.74) is 1.47. The molecular formula is C20H28N2O3. The number of hydrogen-bond acceptors (Lipinski definition) is 3. The van der Waals surface area contributed by atoms with E-state index in [4.69, 9.17) is 4.74 Å². The van der Waals surface area contributed by atoms with Gasteiger partial charge in [-0.25, -0.2) is 0 Å². The number of benzene rings is 2. The zero-order valence-electron chi connectivity index (χ0n) is 15.0. The lowest BCUT2D eigenvalue weighted by molar-refractivity contribution is -0.119. The number of hydrogen-bond donors (Lipinski definition) is 2. The van der Waals surface area contributed by atoms with Gasteiger partial charge in [0.05, 0.1) is 0 Å². The van der Waals surface area contributed by atoms with Crippen LogP contribution in [0.5, 0.6) is 11.5 Å². The molecular weight excluding hydrogens is 316 g/mol. The molecule has 0 heterocycles. The van der Waals surface area contributed by atoms with Crippen molar-refractivity contribution in [3.05, 3.63) is 48.5 Å². The van der Waals surface area contributed by atoms with Crippen LogP contribution < -0.4 is 15.4 Å². The monoisotopic (exact) mass is 344 g/mol. The Morgan fingerprint density at radius 2 is 1.04 bits per heavy atom. The highest BCUT2D eigenvalue weighted by molar-refractivity contribution is 5.92. The molecule has 0 unspecified atom stereocenters. The molecule has 2 amide bonds. The van der Waals surface area contributed by atoms with Crippen LogP contribution in [0.2, 0.25) is 0 Å². The molecule has 0 bridgehead atoms. The summed E-state index contributed by atoms with van der Waals surface area (Å²) in [5, 5.41) is 5.66. The summed E-state index contributed by atoms with van der Waals surface area (Å²) in [5.74, 6) is 1.17. The van der Waals surface area contributed by atoms with E-state index in [2.05, 4.69) is 10.6 Å². The molecule has 0 aliphatic rings. The van der Waals surface area contributed by atoms with Gasteiger partial charge in [0.25, 0.3) is 0 Å². The Hall–Kier alpha value is -2.82. The first-order chi connectivity index (χ1) is 11.8. The van der Waals surface area contributed by atoms with Crippen LogP contribution in [0.15, 0.2) is 48.5 Å². The molecule has 0 spiro atoms. The number of rotatable bonds is 6. The second-order valence-electron chi connectivity index (χ2n) is 6.44. The Bertz CT molecular complexity index is 666. The van der Waals surface area contributed by atoms with Gasteiger partial charge in [0.2, 0.25) is 11.8 Å². The number of nitrogens with one attached hydrogen (secondary N) is 2. The molecule has 25 heavy (non-hydrogen) atoms. The predicted molar refractivity (Wildman–Crippen MR) is 104 cm³/mol. The Labute approximate surface area is 151 Å². The van der Waals surface area contributed by atoms with E-state index in [0.717, 1.165) is 11.4 Å². The highest BCUT2D eigenvalue weighted by Gasteiger charge is 2.08. The zero-order valence-corrected chi connectivity index (χ0v) is 15.0. The Kier molecular flexibility index (Phi) is 6.17. The molecule has 2 rings (SSSR count). The van der Waals surface area contributed by atoms with Crippen molar-refractivity contribution >= 4 is 23.2 Å². The second-order valence-corrected chi connectivity index (χ2v) is 6.44. The van der Waals surface area contributed by atoms with Gasteiger partial charge >= 0.3 is 0 Å². The van der Waals surface area contributed by atoms with Crippen LogP contribution in [-0.2, 0) is 9.59 Å². The van der Waals surface area contributed by atoms with Crippen molar-refractivity contribution in [1.82, 2.24) is 0 Å². The van der Waals surface area contributed by atoms with Crippen LogP contribution in [0, 0.1) is 11.8 Å². The summed E-state index contributed by atoms with van der Waals surface area (Å²) in [7, 11) is 0. The van der Waals surface area contributed by atoms with Crippen molar-refractivity contribution in [3.8, 4) is 11.5 Å². The van der Waals surface area contributed by atoms with Crippen LogP contribution in [0.4, 0.5) is 11.4 Å². The van der Waals surface area contributed by atoms with E-state index < -0.39 is 0 Å². The van der Waals surface area contributed by atoms with Crippen LogP contribution in [-0.4, -0.2) is 11.8 Å². The number of anilines is 2. The molecule has 0 radical (unpaired) electrons. The highest BCUT2D eigenvalue weighted by Crippen LogP contribution is 2.24. The molecule has 0 aliphatic carbocycles. The maximum Gasteiger partial charge on any atom is 0.226 e. The largest absolute Gasteiger partial charge is 0.457 e. The molecule has 5 heteroatoms. The second kappa shape index (κ2) is 8.33. The summed E-state index contributed by atoms with van der Waals surface area (Å²) in [6.07, 6.45) is 0. The molecule has 2 aromatic carbocycles. The lowest BCUT2D eigenvalue weighted by atomic mass is 10.2. The quantitative estimate of drug-likeness (QED) is 0.760. The number of carbonyl (C=O) groups is 2. The van der Waals surface area contributed by atoms with E-state index in [1.54, 1.807) is 48.5 Å². The third kappa shape index (κ3) is 5.64. The van der Waals surface area contributed by atoms with Crippen LogP contribution in [0.1, 0.15) is 30.5 Å². The van der Waals surface area contributed by atoms with Gasteiger partial charge in [-0.1, -0.05) is 27.7 Å². The van der Waals surface area contributed by atoms with Crippen molar-refractivity contribution in [2.45, 2.75) is 27.7 Å². The Morgan fingerprint density at radius 3 is 1.32 bits per heavy atom. The summed E-state index contributed by atoms with van der Waals surface area (Å²) in [6.45, 7) is 7.39. The van der Waals surface area contributed by atoms with Gasteiger partial charge in [-0.05, 0) is 48.5 Å². The molecule has 0 atom stereocenters. The van der Waals surface area contributed by atoms with Crippen molar-refractivity contribution in [2.24, 2.45) is 11.8 Å². The lowest BCUT2D eigenvalue weighted by Gasteiger charge is -2.11. The highest BCUT2D eigenvalue weighted by atomic mass is 16.5. The average molecular weight is 344 g/mol.